The van der Waals surface area contributed by atoms with Crippen molar-refractivity contribution in [3.63, 3.8) is 0 Å². The third-order valence-electron chi connectivity index (χ3n) is 3.37. The van der Waals surface area contributed by atoms with Gasteiger partial charge in [-0.15, -0.1) is 22.9 Å². The van der Waals surface area contributed by atoms with Crippen molar-refractivity contribution >= 4 is 44.6 Å². The van der Waals surface area contributed by atoms with Crippen LogP contribution in [0.5, 0.6) is 0 Å². The lowest BCUT2D eigenvalue weighted by atomic mass is 9.99. The third-order valence-corrected chi connectivity index (χ3v) is 5.23. The first-order valence-corrected chi connectivity index (χ1v) is 7.73. The van der Waals surface area contributed by atoms with E-state index in [0.29, 0.717) is 0 Å². The van der Waals surface area contributed by atoms with Crippen molar-refractivity contribution in [3.05, 3.63) is 69.6 Å². The lowest BCUT2D eigenvalue weighted by Crippen LogP contribution is -1.95. The Morgan fingerprint density at radius 3 is 2.63 bits per heavy atom. The molecule has 0 fully saturated rings. The number of hydrogen-bond acceptors (Lipinski definition) is 1. The second-order valence-electron chi connectivity index (χ2n) is 4.50. The fourth-order valence-electron chi connectivity index (χ4n) is 2.26. The van der Waals surface area contributed by atoms with Crippen LogP contribution in [0.3, 0.4) is 0 Å². The zero-order valence-corrected chi connectivity index (χ0v) is 12.7. The molecule has 0 saturated heterocycles. The van der Waals surface area contributed by atoms with E-state index in [1.165, 1.54) is 10.1 Å². The summed E-state index contributed by atoms with van der Waals surface area (Å²) >= 11 is 14.6. The first-order valence-electron chi connectivity index (χ1n) is 6.03. The normalized spacial score (nSPS) is 12.8. The molecule has 0 amide bonds. The maximum Gasteiger partial charge on any atom is 0.0852 e. The van der Waals surface area contributed by atoms with Crippen LogP contribution >= 0.6 is 34.5 Å². The molecule has 0 N–H and O–H groups in total. The molecule has 3 aromatic rings. The molecule has 3 heteroatoms. The minimum Gasteiger partial charge on any atom is -0.143 e. The fraction of sp³-hybridized carbons (Fsp3) is 0.125. The van der Waals surface area contributed by atoms with Crippen LogP contribution in [0.4, 0.5) is 0 Å². The lowest BCUT2D eigenvalue weighted by Gasteiger charge is -2.13. The predicted octanol–water partition coefficient (Wildman–Crippen LogP) is 6.19. The zero-order chi connectivity index (χ0) is 13.4. The molecule has 2 aromatic carbocycles. The van der Waals surface area contributed by atoms with Crippen molar-refractivity contribution in [3.8, 4) is 0 Å². The van der Waals surface area contributed by atoms with E-state index in [1.54, 1.807) is 11.3 Å². The topological polar surface area (TPSA) is 0 Å². The Morgan fingerprint density at radius 2 is 1.79 bits per heavy atom. The number of fused-ring (bicyclic) bond motifs is 1. The van der Waals surface area contributed by atoms with Crippen LogP contribution in [0.2, 0.25) is 5.02 Å². The quantitative estimate of drug-likeness (QED) is 0.495. The van der Waals surface area contributed by atoms with Crippen LogP contribution in [0, 0.1) is 6.92 Å². The number of halogens is 2. The molecule has 0 aliphatic carbocycles. The summed E-state index contributed by atoms with van der Waals surface area (Å²) in [4.78, 5) is 0. The molecular weight excluding hydrogens is 295 g/mol. The molecule has 1 atom stereocenters. The average Bonchev–Trinajstić information content (AvgIpc) is 2.85. The number of benzene rings is 2. The van der Waals surface area contributed by atoms with E-state index in [2.05, 4.69) is 23.6 Å². The average molecular weight is 307 g/mol. The van der Waals surface area contributed by atoms with Gasteiger partial charge in [-0.3, -0.25) is 0 Å². The van der Waals surface area contributed by atoms with E-state index < -0.39 is 0 Å². The monoisotopic (exact) mass is 306 g/mol. The van der Waals surface area contributed by atoms with E-state index >= 15 is 0 Å². The summed E-state index contributed by atoms with van der Waals surface area (Å²) < 4.78 is 1.27. The highest BCUT2D eigenvalue weighted by Crippen LogP contribution is 2.39. The third kappa shape index (κ3) is 2.27. The molecule has 19 heavy (non-hydrogen) atoms. The van der Waals surface area contributed by atoms with Crippen LogP contribution in [0.25, 0.3) is 10.1 Å². The van der Waals surface area contributed by atoms with Crippen molar-refractivity contribution in [2.45, 2.75) is 12.3 Å². The van der Waals surface area contributed by atoms with Gasteiger partial charge in [-0.2, -0.15) is 0 Å². The number of rotatable bonds is 2. The van der Waals surface area contributed by atoms with Gasteiger partial charge in [-0.05, 0) is 46.5 Å². The molecule has 1 heterocycles. The summed E-state index contributed by atoms with van der Waals surface area (Å²) in [6.07, 6.45) is 0. The summed E-state index contributed by atoms with van der Waals surface area (Å²) in [6, 6.07) is 14.2. The smallest absolute Gasteiger partial charge is 0.0852 e. The molecule has 0 bridgehead atoms. The highest BCUT2D eigenvalue weighted by molar-refractivity contribution is 7.17. The van der Waals surface area contributed by atoms with Gasteiger partial charge >= 0.3 is 0 Å². The summed E-state index contributed by atoms with van der Waals surface area (Å²) in [5, 5.41) is 3.98. The molecule has 96 valence electrons. The molecule has 0 saturated carbocycles. The maximum absolute atomic E-state index is 6.68. The number of hydrogen-bond donors (Lipinski definition) is 0. The van der Waals surface area contributed by atoms with Crippen LogP contribution in [-0.2, 0) is 0 Å². The van der Waals surface area contributed by atoms with E-state index in [9.17, 15) is 0 Å². The van der Waals surface area contributed by atoms with Crippen molar-refractivity contribution in [2.75, 3.05) is 0 Å². The van der Waals surface area contributed by atoms with Gasteiger partial charge in [0, 0.05) is 9.72 Å². The fourth-order valence-corrected chi connectivity index (χ4v) is 3.92. The second-order valence-corrected chi connectivity index (χ2v) is 6.26. The maximum atomic E-state index is 6.68. The van der Waals surface area contributed by atoms with Crippen molar-refractivity contribution < 1.29 is 0 Å². The zero-order valence-electron chi connectivity index (χ0n) is 10.4. The molecule has 0 aliphatic heterocycles. The van der Waals surface area contributed by atoms with Crippen LogP contribution in [0.1, 0.15) is 22.1 Å². The molecule has 0 nitrogen and oxygen atoms in total. The summed E-state index contributed by atoms with van der Waals surface area (Å²) in [5.74, 6) is 0. The minimum absolute atomic E-state index is 0.158. The van der Waals surface area contributed by atoms with E-state index in [4.69, 9.17) is 23.2 Å². The van der Waals surface area contributed by atoms with Gasteiger partial charge in [0.25, 0.3) is 0 Å². The highest BCUT2D eigenvalue weighted by atomic mass is 35.5. The molecule has 3 rings (SSSR count). The Kier molecular flexibility index (Phi) is 3.53. The van der Waals surface area contributed by atoms with Crippen LogP contribution in [0.15, 0.2) is 47.8 Å². The molecule has 1 aromatic heterocycles. The SMILES string of the molecule is Cc1c(Cl)cccc1C(Cl)c1csc2ccccc12. The van der Waals surface area contributed by atoms with Gasteiger partial charge in [0.05, 0.1) is 5.38 Å². The lowest BCUT2D eigenvalue weighted by molar-refractivity contribution is 1.13. The van der Waals surface area contributed by atoms with Crippen molar-refractivity contribution in [2.24, 2.45) is 0 Å². The number of thiophene rings is 1. The largest absolute Gasteiger partial charge is 0.143 e. The molecule has 1 unspecified atom stereocenters. The van der Waals surface area contributed by atoms with Crippen molar-refractivity contribution in [1.82, 2.24) is 0 Å². The summed E-state index contributed by atoms with van der Waals surface area (Å²) in [6.45, 7) is 2.02. The van der Waals surface area contributed by atoms with E-state index in [1.807, 2.05) is 31.2 Å². The molecule has 0 radical (unpaired) electrons. The van der Waals surface area contributed by atoms with Gasteiger partial charge in [0.1, 0.15) is 0 Å². The van der Waals surface area contributed by atoms with Gasteiger partial charge in [0.15, 0.2) is 0 Å². The predicted molar refractivity (Wildman–Crippen MR) is 85.7 cm³/mol. The number of alkyl halides is 1. The Hall–Kier alpha value is -1.02. The first kappa shape index (κ1) is 13.0. The Labute approximate surface area is 126 Å². The van der Waals surface area contributed by atoms with E-state index in [0.717, 1.165) is 21.7 Å². The van der Waals surface area contributed by atoms with Gasteiger partial charge in [-0.25, -0.2) is 0 Å². The van der Waals surface area contributed by atoms with Gasteiger partial charge < -0.3 is 0 Å². The van der Waals surface area contributed by atoms with Gasteiger partial charge in [-0.1, -0.05) is 41.9 Å². The second kappa shape index (κ2) is 5.16. The van der Waals surface area contributed by atoms with Crippen molar-refractivity contribution in [1.29, 1.82) is 0 Å². The van der Waals surface area contributed by atoms with Crippen LogP contribution in [-0.4, -0.2) is 0 Å². The van der Waals surface area contributed by atoms with Crippen LogP contribution < -0.4 is 0 Å². The molecule has 0 aliphatic rings. The Morgan fingerprint density at radius 1 is 1.00 bits per heavy atom. The molecule has 0 spiro atoms. The molecular formula is C16H12Cl2S. The standard InChI is InChI=1S/C16H12Cl2S/c1-10-11(6-4-7-14(10)17)16(18)13-9-19-15-8-3-2-5-12(13)15/h2-9,16H,1H3. The Balaban J connectivity index is 2.13. The summed E-state index contributed by atoms with van der Waals surface area (Å²) in [7, 11) is 0. The first-order chi connectivity index (χ1) is 9.18. The summed E-state index contributed by atoms with van der Waals surface area (Å²) in [5.41, 5.74) is 3.30. The minimum atomic E-state index is -0.158. The van der Waals surface area contributed by atoms with E-state index in [-0.39, 0.29) is 5.38 Å². The van der Waals surface area contributed by atoms with Gasteiger partial charge in [0.2, 0.25) is 0 Å². The highest BCUT2D eigenvalue weighted by Gasteiger charge is 2.17. The Bertz CT molecular complexity index is 730.